The van der Waals surface area contributed by atoms with Gasteiger partial charge in [0.15, 0.2) is 0 Å². The van der Waals surface area contributed by atoms with E-state index in [9.17, 15) is 18.0 Å². The van der Waals surface area contributed by atoms with Crippen molar-refractivity contribution < 1.29 is 22.7 Å². The molecule has 19 heavy (non-hydrogen) atoms. The highest BCUT2D eigenvalue weighted by Gasteiger charge is 2.38. The zero-order valence-corrected chi connectivity index (χ0v) is 11.1. The molecule has 0 aromatic heterocycles. The molecule has 1 rings (SSSR count). The van der Waals surface area contributed by atoms with E-state index in [1.165, 1.54) is 0 Å². The fraction of sp³-hybridized carbons (Fsp3) is 0.917. The number of nitrogens with one attached hydrogen (secondary N) is 1. The number of carbonyl (C=O) groups excluding carboxylic acids is 1. The number of hydrogen-bond donors (Lipinski definition) is 2. The maximum Gasteiger partial charge on any atom is 0.411 e. The van der Waals surface area contributed by atoms with Crippen LogP contribution in [0.25, 0.3) is 0 Å². The highest BCUT2D eigenvalue weighted by atomic mass is 19.4. The van der Waals surface area contributed by atoms with Crippen molar-refractivity contribution in [1.29, 1.82) is 0 Å². The lowest BCUT2D eigenvalue weighted by atomic mass is 9.73. The highest BCUT2D eigenvalue weighted by Crippen LogP contribution is 2.32. The first-order valence-electron chi connectivity index (χ1n) is 6.45. The molecule has 2 unspecified atom stereocenters. The molecule has 1 amide bonds. The third kappa shape index (κ3) is 4.99. The smallest absolute Gasteiger partial charge is 0.362 e. The summed E-state index contributed by atoms with van der Waals surface area (Å²) in [4.78, 5) is 11.6. The lowest BCUT2D eigenvalue weighted by molar-refractivity contribution is -0.176. The van der Waals surface area contributed by atoms with E-state index < -0.39 is 30.8 Å². The SMILES string of the molecule is CC1CCCCC1(CN)NC(=O)COCC(F)(F)F. The fourth-order valence-electron chi connectivity index (χ4n) is 2.53. The molecular formula is C12H21F3N2O2. The number of carbonyl (C=O) groups is 1. The Bertz CT molecular complexity index is 310. The molecule has 0 bridgehead atoms. The van der Waals surface area contributed by atoms with Gasteiger partial charge in [0.2, 0.25) is 5.91 Å². The Morgan fingerprint density at radius 2 is 2.16 bits per heavy atom. The monoisotopic (exact) mass is 282 g/mol. The van der Waals surface area contributed by atoms with E-state index in [4.69, 9.17) is 5.73 Å². The van der Waals surface area contributed by atoms with Crippen molar-refractivity contribution in [1.82, 2.24) is 5.32 Å². The maximum absolute atomic E-state index is 11.9. The van der Waals surface area contributed by atoms with E-state index >= 15 is 0 Å². The Hall–Kier alpha value is -0.820. The van der Waals surface area contributed by atoms with Crippen LogP contribution >= 0.6 is 0 Å². The van der Waals surface area contributed by atoms with Crippen LogP contribution in [0.4, 0.5) is 13.2 Å². The number of halogens is 3. The second-order valence-corrected chi connectivity index (χ2v) is 5.16. The van der Waals surface area contributed by atoms with Gasteiger partial charge in [-0.2, -0.15) is 13.2 Å². The average molecular weight is 282 g/mol. The van der Waals surface area contributed by atoms with Gasteiger partial charge in [0, 0.05) is 6.54 Å². The minimum atomic E-state index is -4.41. The van der Waals surface area contributed by atoms with Crippen LogP contribution in [0.5, 0.6) is 0 Å². The molecule has 1 saturated carbocycles. The van der Waals surface area contributed by atoms with Crippen LogP contribution in [-0.2, 0) is 9.53 Å². The van der Waals surface area contributed by atoms with Crippen LogP contribution in [0, 0.1) is 5.92 Å². The van der Waals surface area contributed by atoms with Gasteiger partial charge in [-0.1, -0.05) is 19.8 Å². The molecule has 1 aliphatic rings. The van der Waals surface area contributed by atoms with Crippen molar-refractivity contribution in [3.8, 4) is 0 Å². The minimum absolute atomic E-state index is 0.220. The standard InChI is InChI=1S/C12H21F3N2O2/c1-9-4-2-3-5-11(9,7-16)17-10(18)6-19-8-12(13,14)15/h9H,2-8,16H2,1H3,(H,17,18). The van der Waals surface area contributed by atoms with Crippen LogP contribution in [0.3, 0.4) is 0 Å². The first kappa shape index (κ1) is 16.2. The Balaban J connectivity index is 2.45. The summed E-state index contributed by atoms with van der Waals surface area (Å²) in [5.74, 6) is -0.318. The van der Waals surface area contributed by atoms with Crippen LogP contribution in [0.2, 0.25) is 0 Å². The lowest BCUT2D eigenvalue weighted by Crippen LogP contribution is -2.59. The predicted octanol–water partition coefficient (Wildman–Crippen LogP) is 1.59. The van der Waals surface area contributed by atoms with Crippen molar-refractivity contribution in [3.05, 3.63) is 0 Å². The molecule has 3 N–H and O–H groups in total. The molecule has 0 aromatic rings. The zero-order chi connectivity index (χ0) is 14.5. The topological polar surface area (TPSA) is 64.3 Å². The summed E-state index contributed by atoms with van der Waals surface area (Å²) in [7, 11) is 0. The molecular weight excluding hydrogens is 261 g/mol. The minimum Gasteiger partial charge on any atom is -0.362 e. The predicted molar refractivity (Wildman–Crippen MR) is 64.4 cm³/mol. The lowest BCUT2D eigenvalue weighted by Gasteiger charge is -2.42. The molecule has 0 radical (unpaired) electrons. The first-order chi connectivity index (χ1) is 8.79. The fourth-order valence-corrected chi connectivity index (χ4v) is 2.53. The Morgan fingerprint density at radius 3 is 2.68 bits per heavy atom. The molecule has 1 aliphatic carbocycles. The van der Waals surface area contributed by atoms with Gasteiger partial charge in [0.25, 0.3) is 0 Å². The van der Waals surface area contributed by atoms with Crippen LogP contribution < -0.4 is 11.1 Å². The van der Waals surface area contributed by atoms with Crippen LogP contribution in [0.15, 0.2) is 0 Å². The number of amides is 1. The summed E-state index contributed by atoms with van der Waals surface area (Å²) >= 11 is 0. The molecule has 2 atom stereocenters. The normalized spacial score (nSPS) is 28.2. The molecule has 0 saturated heterocycles. The van der Waals surface area contributed by atoms with Gasteiger partial charge in [0.05, 0.1) is 5.54 Å². The molecule has 0 aromatic carbocycles. The maximum atomic E-state index is 11.9. The van der Waals surface area contributed by atoms with Crippen LogP contribution in [0.1, 0.15) is 32.6 Å². The Labute approximate surface area is 110 Å². The average Bonchev–Trinajstić information content (AvgIpc) is 2.30. The summed E-state index contributed by atoms with van der Waals surface area (Å²) in [6, 6.07) is 0. The van der Waals surface area contributed by atoms with Crippen molar-refractivity contribution in [2.45, 2.75) is 44.3 Å². The quantitative estimate of drug-likeness (QED) is 0.805. The number of hydrogen-bond acceptors (Lipinski definition) is 3. The molecule has 7 heteroatoms. The summed E-state index contributed by atoms with van der Waals surface area (Å²) in [5.41, 5.74) is 5.24. The van der Waals surface area contributed by atoms with Crippen molar-refractivity contribution in [2.24, 2.45) is 11.7 Å². The van der Waals surface area contributed by atoms with Crippen molar-refractivity contribution >= 4 is 5.91 Å². The molecule has 0 aliphatic heterocycles. The third-order valence-electron chi connectivity index (χ3n) is 3.70. The second kappa shape index (κ2) is 6.56. The Kier molecular flexibility index (Phi) is 5.61. The Morgan fingerprint density at radius 1 is 1.47 bits per heavy atom. The summed E-state index contributed by atoms with van der Waals surface area (Å²) in [5, 5.41) is 2.76. The van der Waals surface area contributed by atoms with E-state index in [-0.39, 0.29) is 5.92 Å². The van der Waals surface area contributed by atoms with Crippen LogP contribution in [-0.4, -0.2) is 37.4 Å². The van der Waals surface area contributed by atoms with Gasteiger partial charge in [-0.05, 0) is 18.8 Å². The summed E-state index contributed by atoms with van der Waals surface area (Å²) in [6.45, 7) is 0.293. The van der Waals surface area contributed by atoms with Crippen molar-refractivity contribution in [2.75, 3.05) is 19.8 Å². The summed E-state index contributed by atoms with van der Waals surface area (Å²) in [6.07, 6.45) is -0.644. The van der Waals surface area contributed by atoms with Gasteiger partial charge >= 0.3 is 6.18 Å². The highest BCUT2D eigenvalue weighted by molar-refractivity contribution is 5.78. The number of alkyl halides is 3. The van der Waals surface area contributed by atoms with E-state index in [1.54, 1.807) is 0 Å². The van der Waals surface area contributed by atoms with Gasteiger partial charge < -0.3 is 15.8 Å². The van der Waals surface area contributed by atoms with Gasteiger partial charge in [-0.25, -0.2) is 0 Å². The second-order valence-electron chi connectivity index (χ2n) is 5.16. The van der Waals surface area contributed by atoms with Gasteiger partial charge in [-0.15, -0.1) is 0 Å². The van der Waals surface area contributed by atoms with E-state index in [0.29, 0.717) is 6.54 Å². The number of nitrogens with two attached hydrogens (primary N) is 1. The molecule has 0 heterocycles. The number of rotatable bonds is 5. The van der Waals surface area contributed by atoms with E-state index in [2.05, 4.69) is 10.1 Å². The molecule has 112 valence electrons. The first-order valence-corrected chi connectivity index (χ1v) is 6.45. The third-order valence-corrected chi connectivity index (χ3v) is 3.70. The summed E-state index contributed by atoms with van der Waals surface area (Å²) < 4.78 is 40.0. The molecule has 0 spiro atoms. The van der Waals surface area contributed by atoms with Gasteiger partial charge in [0.1, 0.15) is 13.2 Å². The van der Waals surface area contributed by atoms with E-state index in [1.807, 2.05) is 6.92 Å². The number of ether oxygens (including phenoxy) is 1. The van der Waals surface area contributed by atoms with Gasteiger partial charge in [-0.3, -0.25) is 4.79 Å². The molecule has 1 fully saturated rings. The largest absolute Gasteiger partial charge is 0.411 e. The molecule has 4 nitrogen and oxygen atoms in total. The van der Waals surface area contributed by atoms with Crippen molar-refractivity contribution in [3.63, 3.8) is 0 Å². The zero-order valence-electron chi connectivity index (χ0n) is 11.1. The van der Waals surface area contributed by atoms with E-state index in [0.717, 1.165) is 25.7 Å².